The number of hydrogen-bond donors (Lipinski definition) is 2. The average molecular weight is 328 g/mol. The van der Waals surface area contributed by atoms with Gasteiger partial charge in [-0.2, -0.15) is 11.8 Å². The highest BCUT2D eigenvalue weighted by Gasteiger charge is 2.17. The van der Waals surface area contributed by atoms with Crippen molar-refractivity contribution in [2.75, 3.05) is 28.7 Å². The maximum absolute atomic E-state index is 13.8. The van der Waals surface area contributed by atoms with E-state index in [0.717, 1.165) is 30.2 Å². The second kappa shape index (κ2) is 8.88. The second-order valence-corrected chi connectivity index (χ2v) is 7.19. The Hall–Kier alpha value is -1.43. The molecule has 0 aliphatic heterocycles. The minimum absolute atomic E-state index is 0.113. The Morgan fingerprint density at radius 1 is 1.36 bits per heavy atom. The summed E-state index contributed by atoms with van der Waals surface area (Å²) in [7, 11) is 0. The van der Waals surface area contributed by atoms with E-state index in [4.69, 9.17) is 4.74 Å². The van der Waals surface area contributed by atoms with Gasteiger partial charge in [0.25, 0.3) is 0 Å². The first-order chi connectivity index (χ1) is 10.3. The van der Waals surface area contributed by atoms with Crippen molar-refractivity contribution < 1.29 is 13.9 Å². The largest absolute Gasteiger partial charge is 0.444 e. The van der Waals surface area contributed by atoms with Gasteiger partial charge in [-0.15, -0.1) is 0 Å². The molecule has 0 radical (unpaired) electrons. The number of carbonyl (C=O) groups excluding carboxylic acids is 1. The van der Waals surface area contributed by atoms with Crippen molar-refractivity contribution in [3.63, 3.8) is 0 Å². The van der Waals surface area contributed by atoms with Gasteiger partial charge in [0, 0.05) is 12.2 Å². The highest BCUT2D eigenvalue weighted by atomic mass is 32.2. The van der Waals surface area contributed by atoms with Crippen LogP contribution in [0.4, 0.5) is 20.6 Å². The van der Waals surface area contributed by atoms with Crippen molar-refractivity contribution in [1.82, 2.24) is 0 Å². The Labute approximate surface area is 136 Å². The van der Waals surface area contributed by atoms with E-state index in [0.29, 0.717) is 0 Å². The predicted octanol–water partition coefficient (Wildman–Crippen LogP) is 4.73. The van der Waals surface area contributed by atoms with E-state index in [-0.39, 0.29) is 5.69 Å². The number of ether oxygens (including phenoxy) is 1. The molecule has 0 saturated heterocycles. The van der Waals surface area contributed by atoms with Crippen molar-refractivity contribution in [1.29, 1.82) is 0 Å². The first-order valence-electron chi connectivity index (χ1n) is 7.43. The van der Waals surface area contributed by atoms with Gasteiger partial charge in [0.05, 0.1) is 5.69 Å². The Kier molecular flexibility index (Phi) is 7.51. The molecule has 6 heteroatoms. The lowest BCUT2D eigenvalue weighted by Gasteiger charge is -2.20. The van der Waals surface area contributed by atoms with E-state index in [9.17, 15) is 9.18 Å². The van der Waals surface area contributed by atoms with E-state index < -0.39 is 17.5 Å². The SMILES string of the molecule is CCSCCCNc1ccc(F)c(NC(=O)OC(C)(C)C)c1. The summed E-state index contributed by atoms with van der Waals surface area (Å²) in [5, 5.41) is 5.66. The summed E-state index contributed by atoms with van der Waals surface area (Å²) >= 11 is 1.89. The monoisotopic (exact) mass is 328 g/mol. The van der Waals surface area contributed by atoms with E-state index in [1.807, 2.05) is 11.8 Å². The fourth-order valence-electron chi connectivity index (χ4n) is 1.70. The molecular formula is C16H25FN2O2S. The molecule has 0 atom stereocenters. The van der Waals surface area contributed by atoms with Gasteiger partial charge in [-0.1, -0.05) is 6.92 Å². The van der Waals surface area contributed by atoms with Crippen LogP contribution in [0.25, 0.3) is 0 Å². The summed E-state index contributed by atoms with van der Waals surface area (Å²) in [6.07, 6.45) is 0.368. The van der Waals surface area contributed by atoms with E-state index in [1.54, 1.807) is 32.9 Å². The topological polar surface area (TPSA) is 50.4 Å². The molecule has 0 spiro atoms. The molecule has 0 fully saturated rings. The number of nitrogens with one attached hydrogen (secondary N) is 2. The van der Waals surface area contributed by atoms with Crippen LogP contribution in [0.1, 0.15) is 34.1 Å². The summed E-state index contributed by atoms with van der Waals surface area (Å²) in [6.45, 7) is 8.22. The van der Waals surface area contributed by atoms with Crippen molar-refractivity contribution >= 4 is 29.2 Å². The minimum Gasteiger partial charge on any atom is -0.444 e. The standard InChI is InChI=1S/C16H25FN2O2S/c1-5-22-10-6-9-18-12-7-8-13(17)14(11-12)19-15(20)21-16(2,3)4/h7-8,11,18H,5-6,9-10H2,1-4H3,(H,19,20). The quantitative estimate of drug-likeness (QED) is 0.711. The molecule has 0 heterocycles. The summed E-state index contributed by atoms with van der Waals surface area (Å²) < 4.78 is 18.9. The second-order valence-electron chi connectivity index (χ2n) is 5.80. The summed E-state index contributed by atoms with van der Waals surface area (Å²) in [6, 6.07) is 4.56. The molecule has 0 aliphatic carbocycles. The van der Waals surface area contributed by atoms with Gasteiger partial charge in [0.1, 0.15) is 11.4 Å². The van der Waals surface area contributed by atoms with Crippen LogP contribution in [0.15, 0.2) is 18.2 Å². The van der Waals surface area contributed by atoms with E-state index >= 15 is 0 Å². The lowest BCUT2D eigenvalue weighted by atomic mass is 10.2. The zero-order valence-corrected chi connectivity index (χ0v) is 14.5. The highest BCUT2D eigenvalue weighted by Crippen LogP contribution is 2.21. The fourth-order valence-corrected chi connectivity index (χ4v) is 2.33. The lowest BCUT2D eigenvalue weighted by molar-refractivity contribution is 0.0635. The Bertz CT molecular complexity index is 490. The summed E-state index contributed by atoms with van der Waals surface area (Å²) in [4.78, 5) is 11.7. The first kappa shape index (κ1) is 18.6. The van der Waals surface area contributed by atoms with Crippen LogP contribution < -0.4 is 10.6 Å². The van der Waals surface area contributed by atoms with Gasteiger partial charge < -0.3 is 10.1 Å². The molecule has 1 amide bonds. The van der Waals surface area contributed by atoms with Gasteiger partial charge in [-0.25, -0.2) is 9.18 Å². The third kappa shape index (κ3) is 7.54. The predicted molar refractivity (Wildman–Crippen MR) is 92.4 cm³/mol. The zero-order chi connectivity index (χ0) is 16.6. The molecule has 1 rings (SSSR count). The molecule has 0 saturated carbocycles. The smallest absolute Gasteiger partial charge is 0.412 e. The number of anilines is 2. The molecule has 0 bridgehead atoms. The number of rotatable bonds is 7. The number of amides is 1. The van der Waals surface area contributed by atoms with Crippen molar-refractivity contribution in [2.24, 2.45) is 0 Å². The molecule has 124 valence electrons. The maximum Gasteiger partial charge on any atom is 0.412 e. The van der Waals surface area contributed by atoms with Crippen LogP contribution in [0, 0.1) is 5.82 Å². The lowest BCUT2D eigenvalue weighted by Crippen LogP contribution is -2.27. The van der Waals surface area contributed by atoms with Gasteiger partial charge in [0.15, 0.2) is 0 Å². The van der Waals surface area contributed by atoms with Crippen molar-refractivity contribution in [3.05, 3.63) is 24.0 Å². The molecule has 1 aromatic rings. The first-order valence-corrected chi connectivity index (χ1v) is 8.58. The minimum atomic E-state index is -0.664. The van der Waals surface area contributed by atoms with Crippen LogP contribution in [0.2, 0.25) is 0 Å². The number of thioether (sulfide) groups is 1. The number of hydrogen-bond acceptors (Lipinski definition) is 4. The third-order valence-corrected chi connectivity index (χ3v) is 3.59. The van der Waals surface area contributed by atoms with Gasteiger partial charge in [-0.3, -0.25) is 5.32 Å². The van der Waals surface area contributed by atoms with Gasteiger partial charge in [0.2, 0.25) is 0 Å². The molecule has 0 aromatic heterocycles. The Balaban J connectivity index is 2.56. The molecule has 1 aromatic carbocycles. The van der Waals surface area contributed by atoms with Crippen molar-refractivity contribution in [2.45, 2.75) is 39.7 Å². The van der Waals surface area contributed by atoms with E-state index in [1.165, 1.54) is 6.07 Å². The van der Waals surface area contributed by atoms with Gasteiger partial charge in [-0.05, 0) is 56.9 Å². The Morgan fingerprint density at radius 2 is 2.09 bits per heavy atom. The van der Waals surface area contributed by atoms with Crippen LogP contribution in [-0.4, -0.2) is 29.7 Å². The molecule has 22 heavy (non-hydrogen) atoms. The molecule has 0 unspecified atom stereocenters. The number of benzene rings is 1. The number of carbonyl (C=O) groups is 1. The van der Waals surface area contributed by atoms with Crippen molar-refractivity contribution in [3.8, 4) is 0 Å². The van der Waals surface area contributed by atoms with Crippen LogP contribution in [0.3, 0.4) is 0 Å². The van der Waals surface area contributed by atoms with Crippen LogP contribution in [-0.2, 0) is 4.74 Å². The molecule has 0 aliphatic rings. The van der Waals surface area contributed by atoms with Crippen LogP contribution >= 0.6 is 11.8 Å². The molecule has 4 nitrogen and oxygen atoms in total. The van der Waals surface area contributed by atoms with E-state index in [2.05, 4.69) is 17.6 Å². The van der Waals surface area contributed by atoms with Gasteiger partial charge >= 0.3 is 6.09 Å². The fraction of sp³-hybridized carbons (Fsp3) is 0.562. The zero-order valence-electron chi connectivity index (χ0n) is 13.7. The summed E-state index contributed by atoms with van der Waals surface area (Å²) in [5.41, 5.74) is 0.268. The normalized spacial score (nSPS) is 11.1. The third-order valence-electron chi connectivity index (χ3n) is 2.60. The summed E-state index contributed by atoms with van der Waals surface area (Å²) in [5.74, 6) is 1.71. The molecule has 2 N–H and O–H groups in total. The average Bonchev–Trinajstić information content (AvgIpc) is 2.40. The Morgan fingerprint density at radius 3 is 2.73 bits per heavy atom. The highest BCUT2D eigenvalue weighted by molar-refractivity contribution is 7.99. The van der Waals surface area contributed by atoms with Crippen LogP contribution in [0.5, 0.6) is 0 Å². The maximum atomic E-state index is 13.8. The molecular weight excluding hydrogens is 303 g/mol. The number of halogens is 1.